The SMILES string of the molecule is C[C@@H]1CCCN(c2nc3c(c(=O)[nH]2)[C@@H](c2ccccc2F)[C@H](C#N)C(=O)N3)C1. The van der Waals surface area contributed by atoms with Gasteiger partial charge >= 0.3 is 0 Å². The average Bonchev–Trinajstić information content (AvgIpc) is 2.67. The summed E-state index contributed by atoms with van der Waals surface area (Å²) >= 11 is 0. The number of hydrogen-bond donors (Lipinski definition) is 2. The first-order valence-corrected chi connectivity index (χ1v) is 9.33. The Morgan fingerprint density at radius 1 is 1.32 bits per heavy atom. The molecule has 3 heterocycles. The summed E-state index contributed by atoms with van der Waals surface area (Å²) < 4.78 is 14.5. The standard InChI is InChI=1S/C20H20FN5O2/c1-11-5-4-8-26(10-11)20-24-17-16(19(28)25-20)15(13(9-22)18(27)23-17)12-6-2-3-7-14(12)21/h2-3,6-7,11,13,15H,4-5,8,10H2,1H3,(H2,23,24,25,27,28)/t11-,13+,15+/m1/s1. The lowest BCUT2D eigenvalue weighted by Crippen LogP contribution is -2.41. The summed E-state index contributed by atoms with van der Waals surface area (Å²) in [6.07, 6.45) is 2.10. The van der Waals surface area contributed by atoms with Crippen LogP contribution in [0.15, 0.2) is 29.1 Å². The van der Waals surface area contributed by atoms with E-state index >= 15 is 0 Å². The van der Waals surface area contributed by atoms with E-state index in [2.05, 4.69) is 22.2 Å². The van der Waals surface area contributed by atoms with Gasteiger partial charge in [0.2, 0.25) is 11.9 Å². The summed E-state index contributed by atoms with van der Waals surface area (Å²) in [7, 11) is 0. The lowest BCUT2D eigenvalue weighted by molar-refractivity contribution is -0.119. The van der Waals surface area contributed by atoms with Crippen molar-refractivity contribution in [3.05, 3.63) is 51.6 Å². The minimum Gasteiger partial charge on any atom is -0.342 e. The quantitative estimate of drug-likeness (QED) is 0.832. The first kappa shape index (κ1) is 18.2. The van der Waals surface area contributed by atoms with Gasteiger partial charge in [-0.15, -0.1) is 0 Å². The van der Waals surface area contributed by atoms with Crippen LogP contribution < -0.4 is 15.8 Å². The number of nitrogens with zero attached hydrogens (tertiary/aromatic N) is 3. The zero-order valence-corrected chi connectivity index (χ0v) is 15.4. The molecular weight excluding hydrogens is 361 g/mol. The van der Waals surface area contributed by atoms with Gasteiger partial charge in [-0.2, -0.15) is 10.2 Å². The van der Waals surface area contributed by atoms with Crippen LogP contribution in [0.4, 0.5) is 16.2 Å². The Bertz CT molecular complexity index is 1030. The third-order valence-electron chi connectivity index (χ3n) is 5.45. The van der Waals surface area contributed by atoms with Crippen LogP contribution >= 0.6 is 0 Å². The molecular formula is C20H20FN5O2. The van der Waals surface area contributed by atoms with Crippen molar-refractivity contribution in [3.63, 3.8) is 0 Å². The molecule has 7 nitrogen and oxygen atoms in total. The normalized spacial score (nSPS) is 24.2. The van der Waals surface area contributed by atoms with Crippen molar-refractivity contribution in [1.82, 2.24) is 9.97 Å². The smallest absolute Gasteiger partial charge is 0.258 e. The number of aromatic amines is 1. The number of amides is 1. The van der Waals surface area contributed by atoms with E-state index in [0.717, 1.165) is 25.9 Å². The third kappa shape index (κ3) is 3.03. The summed E-state index contributed by atoms with van der Waals surface area (Å²) in [5.41, 5.74) is -0.214. The Morgan fingerprint density at radius 3 is 2.82 bits per heavy atom. The lowest BCUT2D eigenvalue weighted by Gasteiger charge is -2.33. The van der Waals surface area contributed by atoms with Crippen molar-refractivity contribution < 1.29 is 9.18 Å². The van der Waals surface area contributed by atoms with E-state index in [1.165, 1.54) is 18.2 Å². The molecule has 0 radical (unpaired) electrons. The predicted octanol–water partition coefficient (Wildman–Crippen LogP) is 2.37. The number of H-pyrrole nitrogens is 1. The van der Waals surface area contributed by atoms with Gasteiger partial charge in [0.1, 0.15) is 17.6 Å². The van der Waals surface area contributed by atoms with Gasteiger partial charge in [0.05, 0.1) is 11.6 Å². The lowest BCUT2D eigenvalue weighted by atomic mass is 9.79. The fourth-order valence-electron chi connectivity index (χ4n) is 4.09. The highest BCUT2D eigenvalue weighted by molar-refractivity contribution is 5.98. The molecule has 0 spiro atoms. The molecule has 0 bridgehead atoms. The molecule has 2 N–H and O–H groups in total. The third-order valence-corrected chi connectivity index (χ3v) is 5.45. The van der Waals surface area contributed by atoms with Gasteiger partial charge in [0.25, 0.3) is 5.56 Å². The van der Waals surface area contributed by atoms with Crippen LogP contribution in [0.2, 0.25) is 0 Å². The number of anilines is 2. The van der Waals surface area contributed by atoms with Gasteiger partial charge in [-0.25, -0.2) is 4.39 Å². The predicted molar refractivity (Wildman–Crippen MR) is 101 cm³/mol. The van der Waals surface area contributed by atoms with Gasteiger partial charge in [-0.3, -0.25) is 14.6 Å². The van der Waals surface area contributed by atoms with Gasteiger partial charge < -0.3 is 10.2 Å². The minimum atomic E-state index is -1.21. The molecule has 0 aliphatic carbocycles. The van der Waals surface area contributed by atoms with Crippen molar-refractivity contribution in [2.75, 3.05) is 23.3 Å². The molecule has 28 heavy (non-hydrogen) atoms. The van der Waals surface area contributed by atoms with Crippen LogP contribution in [0.25, 0.3) is 0 Å². The second-order valence-corrected chi connectivity index (χ2v) is 7.44. The van der Waals surface area contributed by atoms with Crippen molar-refractivity contribution in [1.29, 1.82) is 5.26 Å². The van der Waals surface area contributed by atoms with Gasteiger partial charge in [-0.05, 0) is 30.4 Å². The minimum absolute atomic E-state index is 0.0988. The molecule has 3 atom stereocenters. The molecule has 0 unspecified atom stereocenters. The fraction of sp³-hybridized carbons (Fsp3) is 0.400. The van der Waals surface area contributed by atoms with E-state index < -0.39 is 29.1 Å². The topological polar surface area (TPSA) is 102 Å². The maximum Gasteiger partial charge on any atom is 0.258 e. The van der Waals surface area contributed by atoms with E-state index in [4.69, 9.17) is 0 Å². The molecule has 1 saturated heterocycles. The van der Waals surface area contributed by atoms with E-state index in [1.807, 2.05) is 11.0 Å². The largest absolute Gasteiger partial charge is 0.342 e. The monoisotopic (exact) mass is 381 g/mol. The summed E-state index contributed by atoms with van der Waals surface area (Å²) in [5, 5.41) is 12.1. The molecule has 2 aromatic rings. The second kappa shape index (κ2) is 7.08. The number of rotatable bonds is 2. The number of halogens is 1. The van der Waals surface area contributed by atoms with Crippen molar-refractivity contribution in [2.24, 2.45) is 11.8 Å². The highest BCUT2D eigenvalue weighted by Crippen LogP contribution is 2.39. The number of nitrogens with one attached hydrogen (secondary N) is 2. The molecule has 4 rings (SSSR count). The van der Waals surface area contributed by atoms with E-state index in [0.29, 0.717) is 11.9 Å². The van der Waals surface area contributed by atoms with Gasteiger partial charge in [0, 0.05) is 19.0 Å². The number of carbonyl (C=O) groups is 1. The van der Waals surface area contributed by atoms with Gasteiger partial charge in [-0.1, -0.05) is 25.1 Å². The van der Waals surface area contributed by atoms with Crippen molar-refractivity contribution >= 4 is 17.7 Å². The molecule has 1 amide bonds. The van der Waals surface area contributed by atoms with Crippen molar-refractivity contribution in [3.8, 4) is 6.07 Å². The second-order valence-electron chi connectivity index (χ2n) is 7.44. The first-order chi connectivity index (χ1) is 13.5. The molecule has 144 valence electrons. The Morgan fingerprint density at radius 2 is 2.11 bits per heavy atom. The summed E-state index contributed by atoms with van der Waals surface area (Å²) in [6, 6.07) is 7.79. The Kier molecular flexibility index (Phi) is 4.59. The van der Waals surface area contributed by atoms with Crippen LogP contribution in [-0.2, 0) is 4.79 Å². The molecule has 0 saturated carbocycles. The van der Waals surface area contributed by atoms with Crippen LogP contribution in [0.1, 0.15) is 36.8 Å². The first-order valence-electron chi connectivity index (χ1n) is 9.33. The highest BCUT2D eigenvalue weighted by Gasteiger charge is 2.41. The molecule has 1 aromatic heterocycles. The van der Waals surface area contributed by atoms with Crippen LogP contribution in [0.5, 0.6) is 0 Å². The molecule has 2 aliphatic heterocycles. The van der Waals surface area contributed by atoms with Gasteiger partial charge in [0.15, 0.2) is 0 Å². The van der Waals surface area contributed by atoms with Crippen LogP contribution in [0.3, 0.4) is 0 Å². The number of nitriles is 1. The Balaban J connectivity index is 1.85. The molecule has 8 heteroatoms. The summed E-state index contributed by atoms with van der Waals surface area (Å²) in [5.74, 6) is -2.42. The average molecular weight is 381 g/mol. The number of fused-ring (bicyclic) bond motifs is 1. The number of piperidine rings is 1. The highest BCUT2D eigenvalue weighted by atomic mass is 19.1. The van der Waals surface area contributed by atoms with Crippen molar-refractivity contribution in [2.45, 2.75) is 25.7 Å². The summed E-state index contributed by atoms with van der Waals surface area (Å²) in [4.78, 5) is 34.7. The number of hydrogen-bond acceptors (Lipinski definition) is 5. The number of benzene rings is 1. The maximum atomic E-state index is 14.5. The van der Waals surface area contributed by atoms with E-state index in [-0.39, 0.29) is 16.9 Å². The Hall–Kier alpha value is -3.21. The maximum absolute atomic E-state index is 14.5. The van der Waals surface area contributed by atoms with Crippen LogP contribution in [-0.4, -0.2) is 29.0 Å². The zero-order valence-electron chi connectivity index (χ0n) is 15.4. The molecule has 2 aliphatic rings. The number of carbonyl (C=O) groups excluding carboxylic acids is 1. The molecule has 1 aromatic carbocycles. The van der Waals surface area contributed by atoms with E-state index in [1.54, 1.807) is 6.07 Å². The number of aromatic nitrogens is 2. The van der Waals surface area contributed by atoms with E-state index in [9.17, 15) is 19.2 Å². The fourth-order valence-corrected chi connectivity index (χ4v) is 4.09. The molecule has 1 fully saturated rings. The Labute approximate surface area is 161 Å². The van der Waals surface area contributed by atoms with Crippen LogP contribution in [0, 0.1) is 29.0 Å². The summed E-state index contributed by atoms with van der Waals surface area (Å²) in [6.45, 7) is 3.65. The zero-order chi connectivity index (χ0) is 19.8.